The number of benzene rings is 1. The highest BCUT2D eigenvalue weighted by molar-refractivity contribution is 7.91. The van der Waals surface area contributed by atoms with Crippen LogP contribution in [0, 0.1) is 5.41 Å². The fourth-order valence-electron chi connectivity index (χ4n) is 2.39. The third-order valence-corrected chi connectivity index (χ3v) is 5.50. The summed E-state index contributed by atoms with van der Waals surface area (Å²) >= 11 is 0. The Kier molecular flexibility index (Phi) is 8.96. The molecule has 1 atom stereocenters. The van der Waals surface area contributed by atoms with Crippen LogP contribution in [0.5, 0.6) is 5.75 Å². The van der Waals surface area contributed by atoms with Crippen molar-refractivity contribution in [2.75, 3.05) is 31.3 Å². The molecule has 0 saturated heterocycles. The van der Waals surface area contributed by atoms with Crippen LogP contribution in [0.3, 0.4) is 0 Å². The van der Waals surface area contributed by atoms with Crippen LogP contribution in [0.25, 0.3) is 0 Å². The molecule has 0 aromatic heterocycles. The third-order valence-electron chi connectivity index (χ3n) is 3.59. The van der Waals surface area contributed by atoms with Crippen LogP contribution in [0.4, 0.5) is 8.78 Å². The Hall–Kier alpha value is -1.21. The van der Waals surface area contributed by atoms with Gasteiger partial charge in [0.25, 0.3) is 6.43 Å². The van der Waals surface area contributed by atoms with E-state index in [9.17, 15) is 17.2 Å². The average Bonchev–Trinajstić information content (AvgIpc) is 2.51. The van der Waals surface area contributed by atoms with Crippen molar-refractivity contribution < 1.29 is 26.7 Å². The van der Waals surface area contributed by atoms with E-state index < -0.39 is 22.9 Å². The molecule has 26 heavy (non-hydrogen) atoms. The number of ether oxygens (including phenoxy) is 2. The SMILES string of the molecule is C[C@@H](CS(=O)(=O)CCCOCC(C)(C)C)c1cccc(OCC(F)F)c1. The molecule has 0 N–H and O–H groups in total. The zero-order chi connectivity index (χ0) is 19.8. The maximum absolute atomic E-state index is 12.3. The summed E-state index contributed by atoms with van der Waals surface area (Å²) in [6.45, 7) is 8.32. The Morgan fingerprint density at radius 1 is 1.19 bits per heavy atom. The van der Waals surface area contributed by atoms with E-state index in [-0.39, 0.29) is 22.8 Å². The molecule has 1 rings (SSSR count). The van der Waals surface area contributed by atoms with E-state index in [4.69, 9.17) is 9.47 Å². The highest BCUT2D eigenvalue weighted by Crippen LogP contribution is 2.23. The van der Waals surface area contributed by atoms with Crippen molar-refractivity contribution >= 4 is 9.84 Å². The second-order valence-corrected chi connectivity index (χ2v) is 9.99. The van der Waals surface area contributed by atoms with Crippen LogP contribution < -0.4 is 4.74 Å². The zero-order valence-electron chi connectivity index (χ0n) is 16.0. The lowest BCUT2D eigenvalue weighted by molar-refractivity contribution is 0.0720. The van der Waals surface area contributed by atoms with Crippen LogP contribution in [-0.2, 0) is 14.6 Å². The molecule has 0 fully saturated rings. The average molecular weight is 393 g/mol. The first-order valence-electron chi connectivity index (χ1n) is 8.77. The van der Waals surface area contributed by atoms with Gasteiger partial charge in [0.1, 0.15) is 12.4 Å². The number of rotatable bonds is 11. The van der Waals surface area contributed by atoms with Crippen LogP contribution >= 0.6 is 0 Å². The van der Waals surface area contributed by atoms with E-state index in [1.54, 1.807) is 31.2 Å². The molecule has 0 aliphatic rings. The van der Waals surface area contributed by atoms with E-state index >= 15 is 0 Å². The fourth-order valence-corrected chi connectivity index (χ4v) is 4.07. The fraction of sp³-hybridized carbons (Fsp3) is 0.684. The van der Waals surface area contributed by atoms with Gasteiger partial charge in [-0.2, -0.15) is 0 Å². The lowest BCUT2D eigenvalue weighted by Crippen LogP contribution is -2.19. The van der Waals surface area contributed by atoms with Crippen molar-refractivity contribution in [3.63, 3.8) is 0 Å². The van der Waals surface area contributed by atoms with E-state index in [2.05, 4.69) is 20.8 Å². The van der Waals surface area contributed by atoms with Gasteiger partial charge in [0.05, 0.1) is 18.1 Å². The van der Waals surface area contributed by atoms with Gasteiger partial charge in [-0.15, -0.1) is 0 Å². The lowest BCUT2D eigenvalue weighted by atomic mass is 9.99. The first-order chi connectivity index (χ1) is 12.0. The van der Waals surface area contributed by atoms with E-state index in [0.717, 1.165) is 5.56 Å². The van der Waals surface area contributed by atoms with Crippen LogP contribution in [0.15, 0.2) is 24.3 Å². The molecule has 1 aromatic carbocycles. The summed E-state index contributed by atoms with van der Waals surface area (Å²) < 4.78 is 59.5. The van der Waals surface area contributed by atoms with Gasteiger partial charge in [0.2, 0.25) is 0 Å². The summed E-state index contributed by atoms with van der Waals surface area (Å²) in [7, 11) is -3.22. The van der Waals surface area contributed by atoms with E-state index in [0.29, 0.717) is 25.4 Å². The topological polar surface area (TPSA) is 52.6 Å². The molecule has 0 aliphatic heterocycles. The Balaban J connectivity index is 2.49. The molecule has 0 saturated carbocycles. The molecular formula is C19H30F2O4S. The molecule has 0 bridgehead atoms. The molecule has 0 radical (unpaired) electrons. The van der Waals surface area contributed by atoms with Gasteiger partial charge in [0, 0.05) is 6.61 Å². The second-order valence-electron chi connectivity index (χ2n) is 7.76. The molecule has 4 nitrogen and oxygen atoms in total. The normalized spacial score (nSPS) is 13.8. The standard InChI is InChI=1S/C19H30F2O4S/c1-15(16-7-5-8-17(11-16)25-12-18(20)21)13-26(22,23)10-6-9-24-14-19(2,3)4/h5,7-8,11,15,18H,6,9-10,12-14H2,1-4H3/t15-/m0/s1. The quantitative estimate of drug-likeness (QED) is 0.527. The predicted molar refractivity (Wildman–Crippen MR) is 99.9 cm³/mol. The molecule has 150 valence electrons. The summed E-state index contributed by atoms with van der Waals surface area (Å²) in [4.78, 5) is 0. The van der Waals surface area contributed by atoms with E-state index in [1.807, 2.05) is 0 Å². The van der Waals surface area contributed by atoms with Crippen LogP contribution in [0.2, 0.25) is 0 Å². The molecule has 0 amide bonds. The summed E-state index contributed by atoms with van der Waals surface area (Å²) in [6, 6.07) is 6.66. The number of hydrogen-bond donors (Lipinski definition) is 0. The van der Waals surface area contributed by atoms with Crippen LogP contribution in [0.1, 0.15) is 45.6 Å². The highest BCUT2D eigenvalue weighted by Gasteiger charge is 2.18. The van der Waals surface area contributed by atoms with Gasteiger partial charge in [0.15, 0.2) is 9.84 Å². The number of alkyl halides is 2. The summed E-state index contributed by atoms with van der Waals surface area (Å²) in [5.41, 5.74) is 0.814. The van der Waals surface area contributed by atoms with Gasteiger partial charge in [-0.05, 0) is 35.4 Å². The van der Waals surface area contributed by atoms with Crippen molar-refractivity contribution in [3.05, 3.63) is 29.8 Å². The van der Waals surface area contributed by atoms with Crippen LogP contribution in [-0.4, -0.2) is 46.2 Å². The maximum Gasteiger partial charge on any atom is 0.272 e. The summed E-state index contributed by atoms with van der Waals surface area (Å²) in [5.74, 6) is 0.154. The number of sulfone groups is 1. The molecule has 0 aliphatic carbocycles. The number of halogens is 2. The molecule has 0 heterocycles. The van der Waals surface area contributed by atoms with Crippen molar-refractivity contribution in [3.8, 4) is 5.75 Å². The Morgan fingerprint density at radius 2 is 1.88 bits per heavy atom. The summed E-state index contributed by atoms with van der Waals surface area (Å²) in [5, 5.41) is 0. The first kappa shape index (κ1) is 22.8. The predicted octanol–water partition coefficient (Wildman–Crippen LogP) is 4.30. The minimum absolute atomic E-state index is 0.00454. The van der Waals surface area contributed by atoms with Gasteiger partial charge in [-0.3, -0.25) is 0 Å². The van der Waals surface area contributed by atoms with Crippen molar-refractivity contribution in [2.45, 2.75) is 46.5 Å². The monoisotopic (exact) mass is 392 g/mol. The van der Waals surface area contributed by atoms with Crippen molar-refractivity contribution in [1.29, 1.82) is 0 Å². The molecule has 0 spiro atoms. The third kappa shape index (κ3) is 10.1. The molecule has 7 heteroatoms. The zero-order valence-corrected chi connectivity index (χ0v) is 16.8. The largest absolute Gasteiger partial charge is 0.488 e. The van der Waals surface area contributed by atoms with Gasteiger partial charge in [-0.1, -0.05) is 39.8 Å². The minimum atomic E-state index is -3.22. The number of hydrogen-bond acceptors (Lipinski definition) is 4. The Labute approximate surface area is 155 Å². The molecular weight excluding hydrogens is 362 g/mol. The smallest absolute Gasteiger partial charge is 0.272 e. The van der Waals surface area contributed by atoms with E-state index in [1.165, 1.54) is 0 Å². The summed E-state index contributed by atoms with van der Waals surface area (Å²) in [6.07, 6.45) is -2.08. The van der Waals surface area contributed by atoms with Crippen molar-refractivity contribution in [2.24, 2.45) is 5.41 Å². The first-order valence-corrected chi connectivity index (χ1v) is 10.6. The van der Waals surface area contributed by atoms with Gasteiger partial charge < -0.3 is 9.47 Å². The van der Waals surface area contributed by atoms with Gasteiger partial charge in [-0.25, -0.2) is 17.2 Å². The van der Waals surface area contributed by atoms with Crippen molar-refractivity contribution in [1.82, 2.24) is 0 Å². The highest BCUT2D eigenvalue weighted by atomic mass is 32.2. The second kappa shape index (κ2) is 10.2. The molecule has 0 unspecified atom stereocenters. The Bertz CT molecular complexity index is 639. The minimum Gasteiger partial charge on any atom is -0.488 e. The maximum atomic E-state index is 12.3. The Morgan fingerprint density at radius 3 is 2.50 bits per heavy atom. The van der Waals surface area contributed by atoms with Gasteiger partial charge >= 0.3 is 0 Å². The molecule has 1 aromatic rings. The lowest BCUT2D eigenvalue weighted by Gasteiger charge is -2.18.